The molecular weight excluding hydrogens is 230 g/mol. The molecule has 0 saturated carbocycles. The number of benzene rings is 1. The minimum absolute atomic E-state index is 0.556. The summed E-state index contributed by atoms with van der Waals surface area (Å²) >= 11 is 1.93. The average Bonchev–Trinajstić information content (AvgIpc) is 2.42. The van der Waals surface area contributed by atoms with Crippen LogP contribution in [0.5, 0.6) is 0 Å². The molecule has 1 heterocycles. The third-order valence-electron chi connectivity index (χ3n) is 3.31. The monoisotopic (exact) mass is 251 g/mol. The molecule has 1 aromatic carbocycles. The SMILES string of the molecule is CNC(CSc1ccccc1)C1CCCOC1. The van der Waals surface area contributed by atoms with E-state index in [0.29, 0.717) is 12.0 Å². The summed E-state index contributed by atoms with van der Waals surface area (Å²) in [5, 5.41) is 3.44. The Bertz CT molecular complexity index is 311. The van der Waals surface area contributed by atoms with Gasteiger partial charge in [0.25, 0.3) is 0 Å². The molecule has 1 aromatic rings. The minimum Gasteiger partial charge on any atom is -0.381 e. The van der Waals surface area contributed by atoms with Gasteiger partial charge in [0.1, 0.15) is 0 Å². The molecule has 0 spiro atoms. The Morgan fingerprint density at radius 3 is 2.88 bits per heavy atom. The highest BCUT2D eigenvalue weighted by Crippen LogP contribution is 2.24. The zero-order valence-electron chi connectivity index (χ0n) is 10.4. The highest BCUT2D eigenvalue weighted by atomic mass is 32.2. The van der Waals surface area contributed by atoms with Gasteiger partial charge in [0.2, 0.25) is 0 Å². The first-order valence-corrected chi connectivity index (χ1v) is 7.31. The van der Waals surface area contributed by atoms with Gasteiger partial charge in [-0.3, -0.25) is 0 Å². The van der Waals surface area contributed by atoms with E-state index in [1.807, 2.05) is 11.8 Å². The summed E-state index contributed by atoms with van der Waals surface area (Å²) in [7, 11) is 2.06. The molecule has 0 aromatic heterocycles. The Labute approximate surface area is 108 Å². The van der Waals surface area contributed by atoms with Gasteiger partial charge in [0.15, 0.2) is 0 Å². The lowest BCUT2D eigenvalue weighted by Gasteiger charge is -2.29. The number of hydrogen-bond donors (Lipinski definition) is 1. The second kappa shape index (κ2) is 7.04. The third kappa shape index (κ3) is 4.02. The van der Waals surface area contributed by atoms with Crippen LogP contribution in [0, 0.1) is 5.92 Å². The van der Waals surface area contributed by atoms with Crippen LogP contribution in [0.3, 0.4) is 0 Å². The first-order chi connectivity index (χ1) is 8.40. The Hall–Kier alpha value is -0.510. The molecule has 1 saturated heterocycles. The van der Waals surface area contributed by atoms with Crippen molar-refractivity contribution in [1.82, 2.24) is 5.32 Å². The first-order valence-electron chi connectivity index (χ1n) is 6.33. The smallest absolute Gasteiger partial charge is 0.0509 e. The van der Waals surface area contributed by atoms with Gasteiger partial charge in [-0.2, -0.15) is 0 Å². The van der Waals surface area contributed by atoms with Crippen molar-refractivity contribution in [2.24, 2.45) is 5.92 Å². The lowest BCUT2D eigenvalue weighted by atomic mass is 9.95. The van der Waals surface area contributed by atoms with Crippen LogP contribution in [0.15, 0.2) is 35.2 Å². The lowest BCUT2D eigenvalue weighted by Crippen LogP contribution is -2.40. The fourth-order valence-electron chi connectivity index (χ4n) is 2.24. The number of ether oxygens (including phenoxy) is 1. The van der Waals surface area contributed by atoms with Crippen molar-refractivity contribution in [3.05, 3.63) is 30.3 Å². The Balaban J connectivity index is 1.82. The van der Waals surface area contributed by atoms with Gasteiger partial charge < -0.3 is 10.1 Å². The number of rotatable bonds is 5. The van der Waals surface area contributed by atoms with Gasteiger partial charge in [-0.1, -0.05) is 18.2 Å². The van der Waals surface area contributed by atoms with Crippen molar-refractivity contribution in [3.63, 3.8) is 0 Å². The van der Waals surface area contributed by atoms with Crippen LogP contribution in [0.2, 0.25) is 0 Å². The van der Waals surface area contributed by atoms with Crippen LogP contribution in [0.25, 0.3) is 0 Å². The molecule has 17 heavy (non-hydrogen) atoms. The summed E-state index contributed by atoms with van der Waals surface area (Å²) in [6.45, 7) is 1.86. The van der Waals surface area contributed by atoms with Crippen molar-refractivity contribution in [2.45, 2.75) is 23.8 Å². The van der Waals surface area contributed by atoms with Crippen molar-refractivity contribution in [2.75, 3.05) is 26.0 Å². The molecule has 0 radical (unpaired) electrons. The highest BCUT2D eigenvalue weighted by Gasteiger charge is 2.22. The van der Waals surface area contributed by atoms with Gasteiger partial charge in [0, 0.05) is 23.3 Å². The largest absolute Gasteiger partial charge is 0.381 e. The molecule has 0 amide bonds. The third-order valence-corrected chi connectivity index (χ3v) is 4.44. The van der Waals surface area contributed by atoms with Crippen LogP contribution in [-0.4, -0.2) is 32.1 Å². The average molecular weight is 251 g/mol. The molecule has 1 aliphatic rings. The second-order valence-corrected chi connectivity index (χ2v) is 5.59. The molecule has 1 N–H and O–H groups in total. The lowest BCUT2D eigenvalue weighted by molar-refractivity contribution is 0.0437. The normalized spacial score (nSPS) is 22.3. The Morgan fingerprint density at radius 2 is 2.24 bits per heavy atom. The molecule has 3 heteroatoms. The van der Waals surface area contributed by atoms with E-state index in [0.717, 1.165) is 19.0 Å². The number of nitrogens with one attached hydrogen (secondary N) is 1. The van der Waals surface area contributed by atoms with Crippen molar-refractivity contribution >= 4 is 11.8 Å². The molecule has 2 rings (SSSR count). The first kappa shape index (κ1) is 12.9. The van der Waals surface area contributed by atoms with E-state index in [1.54, 1.807) is 0 Å². The molecule has 0 aliphatic carbocycles. The summed E-state index contributed by atoms with van der Waals surface area (Å²) < 4.78 is 5.57. The maximum absolute atomic E-state index is 5.57. The molecule has 94 valence electrons. The van der Waals surface area contributed by atoms with Crippen molar-refractivity contribution < 1.29 is 4.74 Å². The molecule has 0 bridgehead atoms. The van der Waals surface area contributed by atoms with Gasteiger partial charge in [-0.25, -0.2) is 0 Å². The quantitative estimate of drug-likeness (QED) is 0.813. The Kier molecular flexibility index (Phi) is 5.36. The van der Waals surface area contributed by atoms with Gasteiger partial charge in [0.05, 0.1) is 6.61 Å². The standard InChI is InChI=1S/C14H21NOS/c1-15-14(12-6-5-9-16-10-12)11-17-13-7-3-2-4-8-13/h2-4,7-8,12,14-15H,5-6,9-11H2,1H3. The molecule has 2 atom stereocenters. The highest BCUT2D eigenvalue weighted by molar-refractivity contribution is 7.99. The maximum atomic E-state index is 5.57. The van der Waals surface area contributed by atoms with E-state index in [1.165, 1.54) is 17.7 Å². The molecule has 1 fully saturated rings. The molecule has 1 aliphatic heterocycles. The van der Waals surface area contributed by atoms with Crippen molar-refractivity contribution in [1.29, 1.82) is 0 Å². The molecular formula is C14H21NOS. The maximum Gasteiger partial charge on any atom is 0.0509 e. The fraction of sp³-hybridized carbons (Fsp3) is 0.571. The number of hydrogen-bond acceptors (Lipinski definition) is 3. The van der Waals surface area contributed by atoms with Crippen LogP contribution in [0.4, 0.5) is 0 Å². The van der Waals surface area contributed by atoms with E-state index in [4.69, 9.17) is 4.74 Å². The van der Waals surface area contributed by atoms with Gasteiger partial charge in [-0.05, 0) is 37.9 Å². The summed E-state index contributed by atoms with van der Waals surface area (Å²) in [4.78, 5) is 1.35. The van der Waals surface area contributed by atoms with Gasteiger partial charge in [-0.15, -0.1) is 11.8 Å². The zero-order chi connectivity index (χ0) is 11.9. The van der Waals surface area contributed by atoms with Crippen LogP contribution < -0.4 is 5.32 Å². The topological polar surface area (TPSA) is 21.3 Å². The van der Waals surface area contributed by atoms with Crippen LogP contribution in [0.1, 0.15) is 12.8 Å². The summed E-state index contributed by atoms with van der Waals surface area (Å²) in [5.41, 5.74) is 0. The summed E-state index contributed by atoms with van der Waals surface area (Å²) in [6, 6.07) is 11.2. The van der Waals surface area contributed by atoms with Crippen LogP contribution >= 0.6 is 11.8 Å². The van der Waals surface area contributed by atoms with Crippen LogP contribution in [-0.2, 0) is 4.74 Å². The number of thioether (sulfide) groups is 1. The van der Waals surface area contributed by atoms with Crippen molar-refractivity contribution in [3.8, 4) is 0 Å². The second-order valence-electron chi connectivity index (χ2n) is 4.50. The van der Waals surface area contributed by atoms with E-state index in [2.05, 4.69) is 42.7 Å². The summed E-state index contributed by atoms with van der Waals surface area (Å²) in [5.74, 6) is 1.79. The zero-order valence-corrected chi connectivity index (χ0v) is 11.2. The van der Waals surface area contributed by atoms with E-state index in [9.17, 15) is 0 Å². The minimum atomic E-state index is 0.556. The van der Waals surface area contributed by atoms with E-state index in [-0.39, 0.29) is 0 Å². The predicted octanol–water partition coefficient (Wildman–Crippen LogP) is 2.79. The molecule has 2 nitrogen and oxygen atoms in total. The Morgan fingerprint density at radius 1 is 1.41 bits per heavy atom. The predicted molar refractivity (Wildman–Crippen MR) is 73.6 cm³/mol. The summed E-state index contributed by atoms with van der Waals surface area (Å²) in [6.07, 6.45) is 2.50. The fourth-order valence-corrected chi connectivity index (χ4v) is 3.40. The van der Waals surface area contributed by atoms with Gasteiger partial charge >= 0.3 is 0 Å². The van der Waals surface area contributed by atoms with E-state index < -0.39 is 0 Å². The molecule has 2 unspecified atom stereocenters. The van der Waals surface area contributed by atoms with E-state index >= 15 is 0 Å².